The third kappa shape index (κ3) is 11.9. The monoisotopic (exact) mass is 342 g/mol. The van der Waals surface area contributed by atoms with Crippen LogP contribution in [0.25, 0.3) is 0 Å². The molecular weight excluding hydrogens is 300 g/mol. The molecule has 1 rings (SSSR count). The largest absolute Gasteiger partial charge is 0.382 e. The first-order valence-corrected chi connectivity index (χ1v) is 10.2. The van der Waals surface area contributed by atoms with E-state index in [0.717, 1.165) is 45.8 Å². The molecule has 0 aromatic heterocycles. The molecule has 1 fully saturated rings. The van der Waals surface area contributed by atoms with E-state index in [4.69, 9.17) is 4.74 Å². The van der Waals surface area contributed by atoms with Crippen LogP contribution in [0.4, 0.5) is 0 Å². The van der Waals surface area contributed by atoms with Gasteiger partial charge in [0.05, 0.1) is 5.92 Å². The summed E-state index contributed by atoms with van der Waals surface area (Å²) in [5.41, 5.74) is 0. The molecule has 0 aromatic carbocycles. The number of nitrogens with one attached hydrogen (secondary N) is 1. The second-order valence-electron chi connectivity index (χ2n) is 6.92. The molecule has 0 unspecified atom stereocenters. The van der Waals surface area contributed by atoms with Gasteiger partial charge < -0.3 is 15.0 Å². The van der Waals surface area contributed by atoms with Crippen molar-refractivity contribution in [2.45, 2.75) is 73.1 Å². The standard InChI is InChI=1S/C18H36N2O2.C2H6/c1-4-22-12-10-8-6-5-7-9-11-19-18(21)17-14-20(15-17)13-16(2)3;1-2/h16-17H,4-15H2,1-3H3,(H,19,21);1-2H3. The second kappa shape index (κ2) is 15.9. The summed E-state index contributed by atoms with van der Waals surface area (Å²) < 4.78 is 5.32. The lowest BCUT2D eigenvalue weighted by molar-refractivity contribution is -0.130. The Balaban J connectivity index is 0.00000254. The van der Waals surface area contributed by atoms with Gasteiger partial charge in [-0.2, -0.15) is 0 Å². The normalized spacial score (nSPS) is 14.9. The number of carbonyl (C=O) groups excluding carboxylic acids is 1. The number of rotatable bonds is 13. The van der Waals surface area contributed by atoms with E-state index in [9.17, 15) is 4.79 Å². The molecule has 0 bridgehead atoms. The van der Waals surface area contributed by atoms with Crippen molar-refractivity contribution < 1.29 is 9.53 Å². The summed E-state index contributed by atoms with van der Waals surface area (Å²) in [6.07, 6.45) is 7.33. The van der Waals surface area contributed by atoms with Crippen LogP contribution in [0, 0.1) is 11.8 Å². The molecule has 0 aromatic rings. The Morgan fingerprint density at radius 3 is 2.25 bits per heavy atom. The van der Waals surface area contributed by atoms with Gasteiger partial charge in [-0.1, -0.05) is 53.4 Å². The van der Waals surface area contributed by atoms with Gasteiger partial charge in [-0.3, -0.25) is 4.79 Å². The number of ether oxygens (including phenoxy) is 1. The summed E-state index contributed by atoms with van der Waals surface area (Å²) in [4.78, 5) is 14.3. The van der Waals surface area contributed by atoms with Gasteiger partial charge in [0.25, 0.3) is 0 Å². The zero-order valence-corrected chi connectivity index (χ0v) is 16.9. The third-order valence-electron chi connectivity index (χ3n) is 4.17. The Hall–Kier alpha value is -0.610. The minimum absolute atomic E-state index is 0.234. The minimum atomic E-state index is 0.234. The van der Waals surface area contributed by atoms with E-state index in [1.807, 2.05) is 20.8 Å². The smallest absolute Gasteiger partial charge is 0.225 e. The highest BCUT2D eigenvalue weighted by atomic mass is 16.5. The van der Waals surface area contributed by atoms with Crippen LogP contribution in [0.3, 0.4) is 0 Å². The second-order valence-corrected chi connectivity index (χ2v) is 6.92. The maximum absolute atomic E-state index is 11.9. The van der Waals surface area contributed by atoms with Crippen molar-refractivity contribution in [1.82, 2.24) is 10.2 Å². The molecule has 4 nitrogen and oxygen atoms in total. The van der Waals surface area contributed by atoms with Gasteiger partial charge in [-0.15, -0.1) is 0 Å². The summed E-state index contributed by atoms with van der Waals surface area (Å²) >= 11 is 0. The average Bonchev–Trinajstić information content (AvgIpc) is 2.53. The number of hydrogen-bond acceptors (Lipinski definition) is 3. The molecule has 1 aliphatic rings. The van der Waals surface area contributed by atoms with Crippen LogP contribution in [0.2, 0.25) is 0 Å². The first kappa shape index (κ1) is 23.4. The van der Waals surface area contributed by atoms with Gasteiger partial charge in [-0.05, 0) is 25.7 Å². The van der Waals surface area contributed by atoms with Crippen LogP contribution < -0.4 is 5.32 Å². The number of hydrogen-bond donors (Lipinski definition) is 1. The predicted octanol–water partition coefficient (Wildman–Crippen LogP) is 4.09. The van der Waals surface area contributed by atoms with Crippen molar-refractivity contribution in [2.24, 2.45) is 11.8 Å². The fraction of sp³-hybridized carbons (Fsp3) is 0.950. The van der Waals surface area contributed by atoms with E-state index in [2.05, 4.69) is 24.1 Å². The molecule has 1 saturated heterocycles. The molecule has 0 radical (unpaired) electrons. The molecule has 4 heteroatoms. The Labute approximate surface area is 150 Å². The third-order valence-corrected chi connectivity index (χ3v) is 4.17. The van der Waals surface area contributed by atoms with Crippen molar-refractivity contribution in [3.63, 3.8) is 0 Å². The van der Waals surface area contributed by atoms with E-state index in [1.165, 1.54) is 32.1 Å². The number of unbranched alkanes of at least 4 members (excludes halogenated alkanes) is 5. The lowest BCUT2D eigenvalue weighted by Crippen LogP contribution is -2.54. The maximum Gasteiger partial charge on any atom is 0.225 e. The minimum Gasteiger partial charge on any atom is -0.382 e. The van der Waals surface area contributed by atoms with Gasteiger partial charge in [0.1, 0.15) is 0 Å². The van der Waals surface area contributed by atoms with Crippen LogP contribution >= 0.6 is 0 Å². The van der Waals surface area contributed by atoms with Gasteiger partial charge in [0.2, 0.25) is 5.91 Å². The van der Waals surface area contributed by atoms with Crippen molar-refractivity contribution in [3.05, 3.63) is 0 Å². The molecule has 24 heavy (non-hydrogen) atoms. The number of carbonyl (C=O) groups is 1. The van der Waals surface area contributed by atoms with Gasteiger partial charge in [-0.25, -0.2) is 0 Å². The van der Waals surface area contributed by atoms with E-state index >= 15 is 0 Å². The molecule has 1 heterocycles. The highest BCUT2D eigenvalue weighted by Crippen LogP contribution is 2.17. The maximum atomic E-state index is 11.9. The number of likely N-dealkylation sites (tertiary alicyclic amines) is 1. The molecular formula is C20H42N2O2. The van der Waals surface area contributed by atoms with Crippen molar-refractivity contribution in [2.75, 3.05) is 39.4 Å². The highest BCUT2D eigenvalue weighted by Gasteiger charge is 2.32. The first-order valence-electron chi connectivity index (χ1n) is 10.2. The summed E-state index contributed by atoms with van der Waals surface area (Å²) in [6, 6.07) is 0. The lowest BCUT2D eigenvalue weighted by atomic mass is 9.97. The SMILES string of the molecule is CC.CCOCCCCCCCCNC(=O)C1CN(CC(C)C)C1. The van der Waals surface area contributed by atoms with Gasteiger partial charge in [0, 0.05) is 39.4 Å². The zero-order chi connectivity index (χ0) is 18.2. The fourth-order valence-corrected chi connectivity index (χ4v) is 2.94. The fourth-order valence-electron chi connectivity index (χ4n) is 2.94. The van der Waals surface area contributed by atoms with Gasteiger partial charge >= 0.3 is 0 Å². The summed E-state index contributed by atoms with van der Waals surface area (Å²) in [6.45, 7) is 16.1. The Bertz CT molecular complexity index is 289. The molecule has 0 atom stereocenters. The van der Waals surface area contributed by atoms with Crippen molar-refractivity contribution in [1.29, 1.82) is 0 Å². The van der Waals surface area contributed by atoms with Gasteiger partial charge in [0.15, 0.2) is 0 Å². The average molecular weight is 343 g/mol. The Kier molecular flexibility index (Phi) is 15.5. The van der Waals surface area contributed by atoms with Crippen LogP contribution in [-0.2, 0) is 9.53 Å². The van der Waals surface area contributed by atoms with Crippen LogP contribution in [0.5, 0.6) is 0 Å². The topological polar surface area (TPSA) is 41.6 Å². The summed E-state index contributed by atoms with van der Waals surface area (Å²) in [5.74, 6) is 1.19. The van der Waals surface area contributed by atoms with E-state index < -0.39 is 0 Å². The van der Waals surface area contributed by atoms with Crippen LogP contribution in [0.15, 0.2) is 0 Å². The Morgan fingerprint density at radius 1 is 1.08 bits per heavy atom. The van der Waals surface area contributed by atoms with E-state index in [0.29, 0.717) is 5.92 Å². The molecule has 144 valence electrons. The first-order chi connectivity index (χ1) is 11.6. The molecule has 0 saturated carbocycles. The number of nitrogens with zero attached hydrogens (tertiary/aromatic N) is 1. The predicted molar refractivity (Wildman–Crippen MR) is 103 cm³/mol. The van der Waals surface area contributed by atoms with E-state index in [1.54, 1.807) is 0 Å². The molecule has 0 aliphatic carbocycles. The number of amides is 1. The molecule has 1 amide bonds. The van der Waals surface area contributed by atoms with Crippen molar-refractivity contribution >= 4 is 5.91 Å². The van der Waals surface area contributed by atoms with Crippen molar-refractivity contribution in [3.8, 4) is 0 Å². The molecule has 0 spiro atoms. The van der Waals surface area contributed by atoms with Crippen LogP contribution in [-0.4, -0.2) is 50.2 Å². The van der Waals surface area contributed by atoms with E-state index in [-0.39, 0.29) is 11.8 Å². The highest BCUT2D eigenvalue weighted by molar-refractivity contribution is 5.79. The summed E-state index contributed by atoms with van der Waals surface area (Å²) in [5, 5.41) is 3.09. The molecule has 1 aliphatic heterocycles. The zero-order valence-electron chi connectivity index (χ0n) is 16.9. The van der Waals surface area contributed by atoms with Crippen LogP contribution in [0.1, 0.15) is 73.1 Å². The Morgan fingerprint density at radius 2 is 1.67 bits per heavy atom. The molecule has 1 N–H and O–H groups in total. The quantitative estimate of drug-likeness (QED) is 0.513. The summed E-state index contributed by atoms with van der Waals surface area (Å²) in [7, 11) is 0. The lowest BCUT2D eigenvalue weighted by Gasteiger charge is -2.39.